The predicted octanol–water partition coefficient (Wildman–Crippen LogP) is -0.972. The van der Waals surface area contributed by atoms with E-state index in [2.05, 4.69) is 16.5 Å². The number of aliphatic hydroxyl groups is 1. The number of hydrogen-bond donors (Lipinski definition) is 1. The van der Waals surface area contributed by atoms with Crippen LogP contribution in [0.3, 0.4) is 0 Å². The summed E-state index contributed by atoms with van der Waals surface area (Å²) in [4.78, 5) is 0. The van der Waals surface area contributed by atoms with Gasteiger partial charge < -0.3 is 5.11 Å². The summed E-state index contributed by atoms with van der Waals surface area (Å²) in [6, 6.07) is 0. The first-order valence-electron chi connectivity index (χ1n) is 1.80. The second kappa shape index (κ2) is 1.70. The van der Waals surface area contributed by atoms with Crippen LogP contribution in [0.4, 0.5) is 0 Å². The Morgan fingerprint density at radius 1 is 1.86 bits per heavy atom. The summed E-state index contributed by atoms with van der Waals surface area (Å²) in [6.45, 7) is -0.128. The highest BCUT2D eigenvalue weighted by Gasteiger charge is 1.80. The van der Waals surface area contributed by atoms with Gasteiger partial charge in [0.1, 0.15) is 12.9 Å². The van der Waals surface area contributed by atoms with Gasteiger partial charge in [0, 0.05) is 0 Å². The molecule has 0 atom stereocenters. The summed E-state index contributed by atoms with van der Waals surface area (Å²) in [6.07, 6.45) is 3.88. The summed E-state index contributed by atoms with van der Waals surface area (Å²) in [5.74, 6) is 0. The van der Waals surface area contributed by atoms with E-state index in [1.54, 1.807) is 0 Å². The summed E-state index contributed by atoms with van der Waals surface area (Å²) in [7, 11) is 0. The average Bonchev–Trinajstić information content (AvgIpc) is 2.14. The van der Waals surface area contributed by atoms with Crippen LogP contribution in [0.1, 0.15) is 0 Å². The van der Waals surface area contributed by atoms with Gasteiger partial charge in [-0.3, -0.25) is 0 Å². The van der Waals surface area contributed by atoms with Crippen LogP contribution in [0.5, 0.6) is 0 Å². The van der Waals surface area contributed by atoms with Crippen LogP contribution in [0, 0.1) is 6.20 Å². The maximum Gasteiger partial charge on any atom is 0.137 e. The summed E-state index contributed by atoms with van der Waals surface area (Å²) in [5.41, 5.74) is 0. The van der Waals surface area contributed by atoms with E-state index in [-0.39, 0.29) is 6.73 Å². The lowest BCUT2D eigenvalue weighted by molar-refractivity contribution is 0.192. The van der Waals surface area contributed by atoms with Crippen LogP contribution < -0.4 is 0 Å². The minimum absolute atomic E-state index is 0.128. The second-order valence-corrected chi connectivity index (χ2v) is 1.03. The van der Waals surface area contributed by atoms with E-state index in [9.17, 15) is 0 Å². The topological polar surface area (TPSA) is 50.9 Å². The van der Waals surface area contributed by atoms with Crippen LogP contribution in [-0.2, 0) is 6.73 Å². The van der Waals surface area contributed by atoms with Crippen molar-refractivity contribution in [3.63, 3.8) is 0 Å². The van der Waals surface area contributed by atoms with Crippen molar-refractivity contribution in [2.75, 3.05) is 0 Å². The largest absolute Gasteiger partial charge is 0.374 e. The molecule has 1 rings (SSSR count). The lowest BCUT2D eigenvalue weighted by atomic mass is 10.9. The molecule has 0 amide bonds. The third kappa shape index (κ3) is 0.747. The van der Waals surface area contributed by atoms with E-state index in [0.717, 1.165) is 0 Å². The fraction of sp³-hybridized carbons (Fsp3) is 0.333. The SMILES string of the molecule is OCn1c[c]nn1. The molecule has 4 nitrogen and oxygen atoms in total. The molecule has 7 heavy (non-hydrogen) atoms. The molecule has 1 N–H and O–H groups in total. The molecule has 0 aliphatic rings. The average molecular weight is 98.1 g/mol. The van der Waals surface area contributed by atoms with Gasteiger partial charge in [-0.2, -0.15) is 0 Å². The number of nitrogens with zero attached hydrogens (tertiary/aromatic N) is 3. The number of hydrogen-bond acceptors (Lipinski definition) is 3. The third-order valence-electron chi connectivity index (χ3n) is 0.569. The molecule has 0 saturated heterocycles. The first-order chi connectivity index (χ1) is 3.43. The van der Waals surface area contributed by atoms with Crippen molar-refractivity contribution in [3.8, 4) is 0 Å². The molecule has 4 heteroatoms. The Morgan fingerprint density at radius 2 is 2.71 bits per heavy atom. The standard InChI is InChI=1S/C3H4N3O/c7-3-6-2-1-4-5-6/h2,7H,3H2. The molecule has 0 spiro atoms. The lowest BCUT2D eigenvalue weighted by Crippen LogP contribution is -1.95. The zero-order valence-electron chi connectivity index (χ0n) is 3.57. The fourth-order valence-corrected chi connectivity index (χ4v) is 0.271. The molecule has 0 aliphatic heterocycles. The highest BCUT2D eigenvalue weighted by atomic mass is 16.3. The fourth-order valence-electron chi connectivity index (χ4n) is 0.271. The molecule has 1 heterocycles. The van der Waals surface area contributed by atoms with Gasteiger partial charge in [0.15, 0.2) is 0 Å². The Labute approximate surface area is 40.4 Å². The summed E-state index contributed by atoms with van der Waals surface area (Å²) < 4.78 is 1.26. The van der Waals surface area contributed by atoms with Crippen LogP contribution in [0.15, 0.2) is 6.20 Å². The number of rotatable bonds is 1. The zero-order valence-corrected chi connectivity index (χ0v) is 3.57. The smallest absolute Gasteiger partial charge is 0.137 e. The monoisotopic (exact) mass is 98.0 g/mol. The van der Waals surface area contributed by atoms with Crippen molar-refractivity contribution in [2.24, 2.45) is 0 Å². The predicted molar refractivity (Wildman–Crippen MR) is 21.1 cm³/mol. The van der Waals surface area contributed by atoms with Crippen LogP contribution in [0.25, 0.3) is 0 Å². The maximum absolute atomic E-state index is 8.27. The van der Waals surface area contributed by atoms with E-state index < -0.39 is 0 Å². The molecule has 1 radical (unpaired) electrons. The molecular weight excluding hydrogens is 94.1 g/mol. The Kier molecular flexibility index (Phi) is 1.04. The number of aliphatic hydroxyl groups excluding tert-OH is 1. The zero-order chi connectivity index (χ0) is 5.11. The van der Waals surface area contributed by atoms with Gasteiger partial charge in [0.2, 0.25) is 0 Å². The Bertz CT molecular complexity index is 125. The van der Waals surface area contributed by atoms with Crippen molar-refractivity contribution in [3.05, 3.63) is 12.4 Å². The normalized spacial score (nSPS) is 9.29. The quantitative estimate of drug-likeness (QED) is 0.491. The Morgan fingerprint density at radius 3 is 3.00 bits per heavy atom. The van der Waals surface area contributed by atoms with E-state index in [1.165, 1.54) is 10.9 Å². The van der Waals surface area contributed by atoms with Crippen LogP contribution >= 0.6 is 0 Å². The number of aromatic nitrogens is 3. The molecule has 0 fully saturated rings. The van der Waals surface area contributed by atoms with E-state index in [4.69, 9.17) is 5.11 Å². The molecule has 0 unspecified atom stereocenters. The van der Waals surface area contributed by atoms with E-state index in [0.29, 0.717) is 0 Å². The molecule has 0 aliphatic carbocycles. The summed E-state index contributed by atoms with van der Waals surface area (Å²) in [5, 5.41) is 15.0. The Balaban J connectivity index is 2.76. The van der Waals surface area contributed by atoms with Gasteiger partial charge in [-0.1, -0.05) is 5.21 Å². The minimum Gasteiger partial charge on any atom is -0.374 e. The van der Waals surface area contributed by atoms with Crippen molar-refractivity contribution >= 4 is 0 Å². The van der Waals surface area contributed by atoms with Crippen LogP contribution in [0.2, 0.25) is 0 Å². The van der Waals surface area contributed by atoms with Crippen molar-refractivity contribution in [1.29, 1.82) is 0 Å². The molecule has 1 aromatic rings. The van der Waals surface area contributed by atoms with E-state index in [1.807, 2.05) is 0 Å². The van der Waals surface area contributed by atoms with Gasteiger partial charge in [-0.15, -0.1) is 5.10 Å². The highest BCUT2D eigenvalue weighted by molar-refractivity contribution is 4.57. The van der Waals surface area contributed by atoms with E-state index >= 15 is 0 Å². The first kappa shape index (κ1) is 4.26. The maximum atomic E-state index is 8.27. The molecule has 37 valence electrons. The first-order valence-corrected chi connectivity index (χ1v) is 1.80. The third-order valence-corrected chi connectivity index (χ3v) is 0.569. The van der Waals surface area contributed by atoms with Crippen molar-refractivity contribution < 1.29 is 5.11 Å². The van der Waals surface area contributed by atoms with Crippen LogP contribution in [-0.4, -0.2) is 20.1 Å². The molecule has 0 bridgehead atoms. The lowest BCUT2D eigenvalue weighted by Gasteiger charge is -1.84. The minimum atomic E-state index is -0.128. The highest BCUT2D eigenvalue weighted by Crippen LogP contribution is 1.71. The molecular formula is C3H4N3O. The van der Waals surface area contributed by atoms with Crippen molar-refractivity contribution in [1.82, 2.24) is 15.0 Å². The van der Waals surface area contributed by atoms with Gasteiger partial charge >= 0.3 is 0 Å². The Hall–Kier alpha value is -0.900. The molecule has 0 saturated carbocycles. The van der Waals surface area contributed by atoms with Crippen molar-refractivity contribution in [2.45, 2.75) is 6.73 Å². The van der Waals surface area contributed by atoms with Gasteiger partial charge in [0.25, 0.3) is 0 Å². The van der Waals surface area contributed by atoms with Gasteiger partial charge in [-0.25, -0.2) is 4.68 Å². The summed E-state index contributed by atoms with van der Waals surface area (Å²) >= 11 is 0. The molecule has 0 aromatic carbocycles. The molecule has 1 aromatic heterocycles. The van der Waals surface area contributed by atoms with Gasteiger partial charge in [-0.05, 0) is 0 Å². The van der Waals surface area contributed by atoms with Gasteiger partial charge in [0.05, 0.1) is 6.20 Å². The second-order valence-electron chi connectivity index (χ2n) is 1.03.